The highest BCUT2D eigenvalue weighted by Crippen LogP contribution is 2.32. The molecule has 1 saturated carbocycles. The maximum Gasteiger partial charge on any atom is 0.225 e. The molecule has 0 spiro atoms. The fraction of sp³-hybridized carbons (Fsp3) is 0.615. The third-order valence-corrected chi connectivity index (χ3v) is 3.52. The average molecular weight is 247 g/mol. The van der Waals surface area contributed by atoms with Gasteiger partial charge < -0.3 is 9.64 Å². The van der Waals surface area contributed by atoms with Gasteiger partial charge in [0.25, 0.3) is 0 Å². The predicted octanol–water partition coefficient (Wildman–Crippen LogP) is 1.26. The summed E-state index contributed by atoms with van der Waals surface area (Å²) in [6, 6.07) is 1.77. The molecule has 1 aliphatic heterocycles. The molecule has 5 heteroatoms. The summed E-state index contributed by atoms with van der Waals surface area (Å²) in [5.74, 6) is 1.29. The molecular formula is C13H17N3O2. The Morgan fingerprint density at radius 3 is 2.67 bits per heavy atom. The van der Waals surface area contributed by atoms with Crippen LogP contribution in [0, 0.1) is 5.92 Å². The molecular weight excluding hydrogens is 230 g/mol. The Hall–Kier alpha value is -1.65. The number of carbonyl (C=O) groups excluding carboxylic acids is 1. The lowest BCUT2D eigenvalue weighted by molar-refractivity contribution is -0.134. The van der Waals surface area contributed by atoms with Crippen LogP contribution in [0.4, 0.5) is 0 Å². The highest BCUT2D eigenvalue weighted by atomic mass is 16.5. The van der Waals surface area contributed by atoms with Crippen LogP contribution in [0.5, 0.6) is 5.88 Å². The first kappa shape index (κ1) is 11.4. The molecule has 0 N–H and O–H groups in total. The quantitative estimate of drug-likeness (QED) is 0.806. The predicted molar refractivity (Wildman–Crippen MR) is 65.0 cm³/mol. The van der Waals surface area contributed by atoms with Gasteiger partial charge in [0.05, 0.1) is 0 Å². The molecule has 1 aliphatic carbocycles. The van der Waals surface area contributed by atoms with Crippen molar-refractivity contribution in [3.63, 3.8) is 0 Å². The van der Waals surface area contributed by atoms with Gasteiger partial charge in [-0.2, -0.15) is 0 Å². The van der Waals surface area contributed by atoms with Gasteiger partial charge >= 0.3 is 0 Å². The number of rotatable bonds is 3. The van der Waals surface area contributed by atoms with E-state index in [0.29, 0.717) is 17.7 Å². The summed E-state index contributed by atoms with van der Waals surface area (Å²) >= 11 is 0. The maximum atomic E-state index is 11.9. The van der Waals surface area contributed by atoms with Crippen molar-refractivity contribution in [1.82, 2.24) is 14.9 Å². The number of nitrogens with zero attached hydrogens (tertiary/aromatic N) is 3. The second kappa shape index (κ2) is 4.92. The van der Waals surface area contributed by atoms with E-state index in [1.54, 1.807) is 12.3 Å². The van der Waals surface area contributed by atoms with Gasteiger partial charge in [0, 0.05) is 44.1 Å². The van der Waals surface area contributed by atoms with Gasteiger partial charge in [-0.1, -0.05) is 0 Å². The summed E-state index contributed by atoms with van der Waals surface area (Å²) in [5, 5.41) is 0. The van der Waals surface area contributed by atoms with Crippen LogP contribution in [0.1, 0.15) is 25.7 Å². The van der Waals surface area contributed by atoms with Crippen LogP contribution in [-0.4, -0.2) is 40.0 Å². The van der Waals surface area contributed by atoms with Crippen LogP contribution in [0.2, 0.25) is 0 Å². The van der Waals surface area contributed by atoms with Gasteiger partial charge in [-0.25, -0.2) is 9.97 Å². The summed E-state index contributed by atoms with van der Waals surface area (Å²) in [4.78, 5) is 21.8. The van der Waals surface area contributed by atoms with Gasteiger partial charge in [0.2, 0.25) is 11.8 Å². The van der Waals surface area contributed by atoms with Gasteiger partial charge in [-0.3, -0.25) is 4.79 Å². The smallest absolute Gasteiger partial charge is 0.225 e. The van der Waals surface area contributed by atoms with Crippen LogP contribution in [-0.2, 0) is 4.79 Å². The molecule has 1 amide bonds. The number of ether oxygens (including phenoxy) is 1. The van der Waals surface area contributed by atoms with Crippen molar-refractivity contribution < 1.29 is 9.53 Å². The van der Waals surface area contributed by atoms with Gasteiger partial charge in [0.1, 0.15) is 12.4 Å². The van der Waals surface area contributed by atoms with Crippen LogP contribution in [0.3, 0.4) is 0 Å². The molecule has 0 bridgehead atoms. The zero-order chi connectivity index (χ0) is 12.4. The molecule has 5 nitrogen and oxygen atoms in total. The van der Waals surface area contributed by atoms with E-state index in [2.05, 4.69) is 9.97 Å². The lowest BCUT2D eigenvalue weighted by atomic mass is 10.1. The highest BCUT2D eigenvalue weighted by Gasteiger charge is 2.35. The molecule has 18 heavy (non-hydrogen) atoms. The van der Waals surface area contributed by atoms with E-state index >= 15 is 0 Å². The van der Waals surface area contributed by atoms with Crippen molar-refractivity contribution >= 4 is 5.91 Å². The number of aromatic nitrogens is 2. The SMILES string of the molecule is O=C(C1CC1)N1CCC(Oc2ccncn2)CC1. The molecule has 2 heterocycles. The number of piperidine rings is 1. The minimum Gasteiger partial charge on any atom is -0.474 e. The lowest BCUT2D eigenvalue weighted by Crippen LogP contribution is -2.42. The lowest BCUT2D eigenvalue weighted by Gasteiger charge is -2.32. The number of amides is 1. The van der Waals surface area contributed by atoms with Gasteiger partial charge in [-0.15, -0.1) is 0 Å². The molecule has 3 rings (SSSR count). The average Bonchev–Trinajstić information content (AvgIpc) is 3.24. The zero-order valence-electron chi connectivity index (χ0n) is 10.3. The number of hydrogen-bond donors (Lipinski definition) is 0. The summed E-state index contributed by atoms with van der Waals surface area (Å²) in [7, 11) is 0. The largest absolute Gasteiger partial charge is 0.474 e. The third-order valence-electron chi connectivity index (χ3n) is 3.52. The molecule has 0 atom stereocenters. The van der Waals surface area contributed by atoms with Crippen molar-refractivity contribution in [2.75, 3.05) is 13.1 Å². The Morgan fingerprint density at radius 2 is 2.06 bits per heavy atom. The molecule has 1 aromatic rings. The van der Waals surface area contributed by atoms with E-state index in [1.165, 1.54) is 6.33 Å². The van der Waals surface area contributed by atoms with Gasteiger partial charge in [-0.05, 0) is 12.8 Å². The Bertz CT molecular complexity index is 412. The van der Waals surface area contributed by atoms with E-state index in [1.807, 2.05) is 4.90 Å². The Morgan fingerprint density at radius 1 is 1.28 bits per heavy atom. The van der Waals surface area contributed by atoms with E-state index in [9.17, 15) is 4.79 Å². The van der Waals surface area contributed by atoms with E-state index < -0.39 is 0 Å². The Kier molecular flexibility index (Phi) is 3.13. The summed E-state index contributed by atoms with van der Waals surface area (Å²) in [5.41, 5.74) is 0. The number of likely N-dealkylation sites (tertiary alicyclic amines) is 1. The van der Waals surface area contributed by atoms with Crippen LogP contribution < -0.4 is 4.74 Å². The Balaban J connectivity index is 1.49. The first-order valence-corrected chi connectivity index (χ1v) is 6.54. The monoisotopic (exact) mass is 247 g/mol. The molecule has 2 fully saturated rings. The molecule has 1 aromatic heterocycles. The number of carbonyl (C=O) groups is 1. The molecule has 0 radical (unpaired) electrons. The first-order chi connectivity index (χ1) is 8.83. The second-order valence-corrected chi connectivity index (χ2v) is 4.96. The fourth-order valence-electron chi connectivity index (χ4n) is 2.30. The second-order valence-electron chi connectivity index (χ2n) is 4.96. The zero-order valence-corrected chi connectivity index (χ0v) is 10.3. The molecule has 0 unspecified atom stereocenters. The van der Waals surface area contributed by atoms with Crippen molar-refractivity contribution in [2.45, 2.75) is 31.8 Å². The normalized spacial score (nSPS) is 20.8. The molecule has 2 aliphatic rings. The minimum atomic E-state index is 0.170. The standard InChI is InChI=1S/C13H17N3O2/c17-13(10-1-2-10)16-7-4-11(5-8-16)18-12-3-6-14-9-15-12/h3,6,9-11H,1-2,4-5,7-8H2. The van der Waals surface area contributed by atoms with Crippen molar-refractivity contribution in [3.8, 4) is 5.88 Å². The van der Waals surface area contributed by atoms with Crippen molar-refractivity contribution in [2.24, 2.45) is 5.92 Å². The summed E-state index contributed by atoms with van der Waals surface area (Å²) in [6.07, 6.45) is 7.27. The van der Waals surface area contributed by atoms with E-state index in [4.69, 9.17) is 4.74 Å². The molecule has 96 valence electrons. The topological polar surface area (TPSA) is 55.3 Å². The van der Waals surface area contributed by atoms with Crippen LogP contribution in [0.15, 0.2) is 18.6 Å². The third kappa shape index (κ3) is 2.60. The fourth-order valence-corrected chi connectivity index (χ4v) is 2.30. The molecule has 0 aromatic carbocycles. The minimum absolute atomic E-state index is 0.170. The highest BCUT2D eigenvalue weighted by molar-refractivity contribution is 5.81. The van der Waals surface area contributed by atoms with Crippen molar-refractivity contribution in [3.05, 3.63) is 18.6 Å². The molecule has 1 saturated heterocycles. The van der Waals surface area contributed by atoms with Crippen LogP contribution >= 0.6 is 0 Å². The summed E-state index contributed by atoms with van der Waals surface area (Å²) < 4.78 is 5.77. The number of hydrogen-bond acceptors (Lipinski definition) is 4. The van der Waals surface area contributed by atoms with E-state index in [-0.39, 0.29) is 6.10 Å². The maximum absolute atomic E-state index is 11.9. The van der Waals surface area contributed by atoms with E-state index in [0.717, 1.165) is 38.8 Å². The van der Waals surface area contributed by atoms with Crippen LogP contribution in [0.25, 0.3) is 0 Å². The van der Waals surface area contributed by atoms with Gasteiger partial charge in [0.15, 0.2) is 0 Å². The van der Waals surface area contributed by atoms with Crippen molar-refractivity contribution in [1.29, 1.82) is 0 Å². The first-order valence-electron chi connectivity index (χ1n) is 6.54. The summed E-state index contributed by atoms with van der Waals surface area (Å²) in [6.45, 7) is 1.62. The Labute approximate surface area is 106 Å².